The van der Waals surface area contributed by atoms with Crippen LogP contribution >= 0.6 is 0 Å². The summed E-state index contributed by atoms with van der Waals surface area (Å²) >= 11 is 0. The minimum atomic E-state index is -0.0982. The third kappa shape index (κ3) is 6.19. The second kappa shape index (κ2) is 9.66. The molecule has 1 unspecified atom stereocenters. The monoisotopic (exact) mass is 275 g/mol. The van der Waals surface area contributed by atoms with Crippen molar-refractivity contribution in [2.24, 2.45) is 5.41 Å². The van der Waals surface area contributed by atoms with Gasteiger partial charge in [-0.1, -0.05) is 0 Å². The van der Waals surface area contributed by atoms with E-state index >= 15 is 0 Å². The van der Waals surface area contributed by atoms with E-state index in [0.29, 0.717) is 6.61 Å². The van der Waals surface area contributed by atoms with E-state index in [1.807, 2.05) is 0 Å². The lowest BCUT2D eigenvalue weighted by molar-refractivity contribution is -0.0578. The highest BCUT2D eigenvalue weighted by Gasteiger charge is 2.34. The smallest absolute Gasteiger partial charge is 0.0589 e. The van der Waals surface area contributed by atoms with Gasteiger partial charge in [-0.3, -0.25) is 0 Å². The van der Waals surface area contributed by atoms with Crippen molar-refractivity contribution in [3.05, 3.63) is 0 Å². The summed E-state index contributed by atoms with van der Waals surface area (Å²) in [4.78, 5) is 2.35. The number of hydrogen-bond donors (Lipinski definition) is 1. The lowest BCUT2D eigenvalue weighted by Gasteiger charge is -2.39. The molecule has 0 saturated carbocycles. The zero-order valence-corrected chi connectivity index (χ0v) is 12.4. The standard InChI is InChI=1S/C14H29NO4/c1-17-8-4-6-15(7-10-18-2)11-14(12-16)5-3-9-19-13-14/h16H,3-13H2,1-2H3. The Morgan fingerprint density at radius 2 is 2.00 bits per heavy atom. The first-order valence-corrected chi connectivity index (χ1v) is 7.15. The molecule has 0 bridgehead atoms. The Labute approximate surface area is 116 Å². The first-order chi connectivity index (χ1) is 9.26. The van der Waals surface area contributed by atoms with Gasteiger partial charge >= 0.3 is 0 Å². The highest BCUT2D eigenvalue weighted by molar-refractivity contribution is 4.84. The summed E-state index contributed by atoms with van der Waals surface area (Å²) in [5.74, 6) is 0. The molecule has 1 fully saturated rings. The zero-order chi connectivity index (χ0) is 14.0. The number of aliphatic hydroxyl groups is 1. The molecule has 1 N–H and O–H groups in total. The molecular formula is C14H29NO4. The number of ether oxygens (including phenoxy) is 3. The summed E-state index contributed by atoms with van der Waals surface area (Å²) in [5, 5.41) is 9.72. The van der Waals surface area contributed by atoms with E-state index in [-0.39, 0.29) is 12.0 Å². The van der Waals surface area contributed by atoms with Gasteiger partial charge in [0.05, 0.1) is 19.8 Å². The summed E-state index contributed by atoms with van der Waals surface area (Å²) in [6.07, 6.45) is 3.08. The molecule has 114 valence electrons. The largest absolute Gasteiger partial charge is 0.396 e. The average molecular weight is 275 g/mol. The molecule has 1 heterocycles. The van der Waals surface area contributed by atoms with Gasteiger partial charge < -0.3 is 24.2 Å². The average Bonchev–Trinajstić information content (AvgIpc) is 2.46. The van der Waals surface area contributed by atoms with Crippen molar-refractivity contribution < 1.29 is 19.3 Å². The van der Waals surface area contributed by atoms with Gasteiger partial charge in [-0.2, -0.15) is 0 Å². The molecule has 1 atom stereocenters. The van der Waals surface area contributed by atoms with Gasteiger partial charge in [-0.25, -0.2) is 0 Å². The molecule has 0 aromatic rings. The summed E-state index contributed by atoms with van der Waals surface area (Å²) in [7, 11) is 3.45. The van der Waals surface area contributed by atoms with E-state index in [0.717, 1.165) is 58.7 Å². The number of nitrogens with zero attached hydrogens (tertiary/aromatic N) is 1. The fraction of sp³-hybridized carbons (Fsp3) is 1.00. The van der Waals surface area contributed by atoms with Gasteiger partial charge in [0.2, 0.25) is 0 Å². The van der Waals surface area contributed by atoms with Crippen LogP contribution in [0.3, 0.4) is 0 Å². The fourth-order valence-corrected chi connectivity index (χ4v) is 2.61. The van der Waals surface area contributed by atoms with Crippen LogP contribution in [0, 0.1) is 5.41 Å². The van der Waals surface area contributed by atoms with Crippen molar-refractivity contribution >= 4 is 0 Å². The van der Waals surface area contributed by atoms with Crippen LogP contribution in [0.25, 0.3) is 0 Å². The Morgan fingerprint density at radius 3 is 2.58 bits per heavy atom. The van der Waals surface area contributed by atoms with Crippen molar-refractivity contribution in [1.29, 1.82) is 0 Å². The van der Waals surface area contributed by atoms with E-state index in [1.54, 1.807) is 14.2 Å². The van der Waals surface area contributed by atoms with Crippen molar-refractivity contribution in [1.82, 2.24) is 4.90 Å². The molecular weight excluding hydrogens is 246 g/mol. The van der Waals surface area contributed by atoms with Crippen molar-refractivity contribution in [2.45, 2.75) is 19.3 Å². The summed E-state index contributed by atoms with van der Waals surface area (Å²) in [6, 6.07) is 0. The van der Waals surface area contributed by atoms with Gasteiger partial charge in [0, 0.05) is 52.5 Å². The maximum atomic E-state index is 9.72. The number of methoxy groups -OCH3 is 2. The molecule has 5 heteroatoms. The highest BCUT2D eigenvalue weighted by atomic mass is 16.5. The van der Waals surface area contributed by atoms with Gasteiger partial charge in [0.1, 0.15) is 0 Å². The minimum absolute atomic E-state index is 0.0982. The van der Waals surface area contributed by atoms with Crippen LogP contribution in [-0.4, -0.2) is 76.9 Å². The molecule has 0 radical (unpaired) electrons. The third-order valence-electron chi connectivity index (χ3n) is 3.73. The predicted molar refractivity (Wildman–Crippen MR) is 74.4 cm³/mol. The Morgan fingerprint density at radius 1 is 1.21 bits per heavy atom. The van der Waals surface area contributed by atoms with E-state index in [1.165, 1.54) is 0 Å². The van der Waals surface area contributed by atoms with E-state index in [2.05, 4.69) is 4.90 Å². The van der Waals surface area contributed by atoms with Crippen molar-refractivity contribution in [3.8, 4) is 0 Å². The van der Waals surface area contributed by atoms with Crippen molar-refractivity contribution in [3.63, 3.8) is 0 Å². The molecule has 0 amide bonds. The van der Waals surface area contributed by atoms with Crippen LogP contribution in [-0.2, 0) is 14.2 Å². The van der Waals surface area contributed by atoms with E-state index in [9.17, 15) is 5.11 Å². The molecule has 1 saturated heterocycles. The minimum Gasteiger partial charge on any atom is -0.396 e. The Bertz CT molecular complexity index is 219. The summed E-state index contributed by atoms with van der Waals surface area (Å²) < 4.78 is 15.8. The Hall–Kier alpha value is -0.200. The molecule has 1 aliphatic rings. The van der Waals surface area contributed by atoms with Gasteiger partial charge in [0.15, 0.2) is 0 Å². The number of hydrogen-bond acceptors (Lipinski definition) is 5. The maximum absolute atomic E-state index is 9.72. The molecule has 19 heavy (non-hydrogen) atoms. The Balaban J connectivity index is 2.47. The van der Waals surface area contributed by atoms with Gasteiger partial charge in [-0.15, -0.1) is 0 Å². The molecule has 1 aliphatic heterocycles. The summed E-state index contributed by atoms with van der Waals surface area (Å²) in [6.45, 7) is 5.90. The molecule has 0 spiro atoms. The topological polar surface area (TPSA) is 51.2 Å². The Kier molecular flexibility index (Phi) is 8.57. The molecule has 5 nitrogen and oxygen atoms in total. The number of rotatable bonds is 10. The van der Waals surface area contributed by atoms with Crippen LogP contribution in [0.2, 0.25) is 0 Å². The second-order valence-corrected chi connectivity index (χ2v) is 5.43. The molecule has 1 rings (SSSR count). The zero-order valence-electron chi connectivity index (χ0n) is 12.4. The van der Waals surface area contributed by atoms with Crippen LogP contribution in [0.5, 0.6) is 0 Å². The fourth-order valence-electron chi connectivity index (χ4n) is 2.61. The normalized spacial score (nSPS) is 24.0. The second-order valence-electron chi connectivity index (χ2n) is 5.43. The SMILES string of the molecule is COCCCN(CCOC)CC1(CO)CCCOC1. The summed E-state index contributed by atoms with van der Waals surface area (Å²) in [5.41, 5.74) is -0.0982. The van der Waals surface area contributed by atoms with Crippen LogP contribution in [0.15, 0.2) is 0 Å². The van der Waals surface area contributed by atoms with Crippen LogP contribution < -0.4 is 0 Å². The van der Waals surface area contributed by atoms with Crippen molar-refractivity contribution in [2.75, 3.05) is 66.9 Å². The third-order valence-corrected chi connectivity index (χ3v) is 3.73. The van der Waals surface area contributed by atoms with E-state index < -0.39 is 0 Å². The quantitative estimate of drug-likeness (QED) is 0.597. The molecule has 0 aromatic carbocycles. The van der Waals surface area contributed by atoms with Gasteiger partial charge in [0.25, 0.3) is 0 Å². The van der Waals surface area contributed by atoms with Gasteiger partial charge in [-0.05, 0) is 19.3 Å². The first-order valence-electron chi connectivity index (χ1n) is 7.15. The highest BCUT2D eigenvalue weighted by Crippen LogP contribution is 2.29. The van der Waals surface area contributed by atoms with Crippen LogP contribution in [0.1, 0.15) is 19.3 Å². The molecule has 0 aliphatic carbocycles. The predicted octanol–water partition coefficient (Wildman–Crippen LogP) is 0.760. The van der Waals surface area contributed by atoms with E-state index in [4.69, 9.17) is 14.2 Å². The lowest BCUT2D eigenvalue weighted by atomic mass is 9.82. The first kappa shape index (κ1) is 16.9. The lowest BCUT2D eigenvalue weighted by Crippen LogP contribution is -2.46. The molecule has 0 aromatic heterocycles. The maximum Gasteiger partial charge on any atom is 0.0589 e. The number of aliphatic hydroxyl groups excluding tert-OH is 1. The van der Waals surface area contributed by atoms with Crippen LogP contribution in [0.4, 0.5) is 0 Å².